The number of nitrogens with zero attached hydrogens (tertiary/aromatic N) is 2. The van der Waals surface area contributed by atoms with E-state index in [4.69, 9.17) is 0 Å². The van der Waals surface area contributed by atoms with E-state index in [1.165, 1.54) is 53.7 Å². The summed E-state index contributed by atoms with van der Waals surface area (Å²) < 4.78 is 4.90. The maximum Gasteiger partial charge on any atom is 0.100 e. The molecule has 2 nitrogen and oxygen atoms in total. The Morgan fingerprint density at radius 2 is 1.06 bits per heavy atom. The van der Waals surface area contributed by atoms with Crippen molar-refractivity contribution < 1.29 is 0 Å². The molecule has 0 bridgehead atoms. The van der Waals surface area contributed by atoms with Crippen LogP contribution in [0.3, 0.4) is 0 Å². The molecule has 0 saturated carbocycles. The minimum Gasteiger partial charge on any atom is -0.320 e. The molecular formula is C27H16Br2N2S2. The topological polar surface area (TPSA) is 6.48 Å². The number of thiophene rings is 2. The van der Waals surface area contributed by atoms with Gasteiger partial charge < -0.3 is 9.80 Å². The fourth-order valence-electron chi connectivity index (χ4n) is 4.93. The SMILES string of the molecule is Brc1sc2ccccc2c1N1CN(c2c(Br)sc3ccccc23)c2cccc3cccc1c23. The van der Waals surface area contributed by atoms with Crippen LogP contribution in [0.25, 0.3) is 30.9 Å². The minimum atomic E-state index is 0.731. The summed E-state index contributed by atoms with van der Waals surface area (Å²) in [6, 6.07) is 30.6. The van der Waals surface area contributed by atoms with Crippen molar-refractivity contribution in [1.29, 1.82) is 0 Å². The normalized spacial score (nSPS) is 13.5. The Kier molecular flexibility index (Phi) is 4.59. The monoisotopic (exact) mass is 590 g/mol. The number of hydrogen-bond acceptors (Lipinski definition) is 4. The van der Waals surface area contributed by atoms with Crippen LogP contribution in [0.1, 0.15) is 0 Å². The Labute approximate surface area is 215 Å². The van der Waals surface area contributed by atoms with E-state index in [1.807, 2.05) is 0 Å². The number of rotatable bonds is 2. The molecule has 0 unspecified atom stereocenters. The zero-order chi connectivity index (χ0) is 22.1. The fraction of sp³-hybridized carbons (Fsp3) is 0.0370. The first-order chi connectivity index (χ1) is 16.2. The molecule has 1 aliphatic heterocycles. The van der Waals surface area contributed by atoms with E-state index in [-0.39, 0.29) is 0 Å². The highest BCUT2D eigenvalue weighted by Gasteiger charge is 2.31. The van der Waals surface area contributed by atoms with Crippen LogP contribution in [-0.4, -0.2) is 6.67 Å². The summed E-state index contributed by atoms with van der Waals surface area (Å²) in [6.45, 7) is 0.731. The van der Waals surface area contributed by atoms with E-state index in [2.05, 4.69) is 127 Å². The third kappa shape index (κ3) is 2.94. The number of hydrogen-bond donors (Lipinski definition) is 0. The van der Waals surface area contributed by atoms with Crippen LogP contribution in [0.5, 0.6) is 0 Å². The van der Waals surface area contributed by atoms with E-state index in [0.717, 1.165) is 14.2 Å². The zero-order valence-corrected chi connectivity index (χ0v) is 22.1. The van der Waals surface area contributed by atoms with Crippen molar-refractivity contribution in [1.82, 2.24) is 0 Å². The molecule has 0 atom stereocenters. The van der Waals surface area contributed by atoms with Crippen LogP contribution < -0.4 is 9.80 Å². The summed E-state index contributed by atoms with van der Waals surface area (Å²) in [5.74, 6) is 0. The second-order valence-corrected chi connectivity index (χ2v) is 12.8. The second-order valence-electron chi connectivity index (χ2n) is 8.09. The van der Waals surface area contributed by atoms with E-state index in [9.17, 15) is 0 Å². The second kappa shape index (κ2) is 7.57. The molecule has 4 aromatic carbocycles. The van der Waals surface area contributed by atoms with Crippen molar-refractivity contribution in [2.45, 2.75) is 0 Å². The van der Waals surface area contributed by atoms with E-state index < -0.39 is 0 Å². The van der Waals surface area contributed by atoms with Gasteiger partial charge in [0.1, 0.15) is 6.67 Å². The molecular weight excluding hydrogens is 576 g/mol. The lowest BCUT2D eigenvalue weighted by Gasteiger charge is -2.39. The summed E-state index contributed by atoms with van der Waals surface area (Å²) in [7, 11) is 0. The Bertz CT molecular complexity index is 1580. The van der Waals surface area contributed by atoms with Crippen molar-refractivity contribution in [2.24, 2.45) is 0 Å². The molecule has 6 heteroatoms. The highest BCUT2D eigenvalue weighted by molar-refractivity contribution is 9.11. The molecule has 0 amide bonds. The van der Waals surface area contributed by atoms with Crippen LogP contribution in [0.15, 0.2) is 92.5 Å². The molecule has 7 rings (SSSR count). The Hall–Kier alpha value is -2.38. The van der Waals surface area contributed by atoms with Gasteiger partial charge in [-0.1, -0.05) is 60.7 Å². The Balaban J connectivity index is 1.56. The largest absolute Gasteiger partial charge is 0.320 e. The molecule has 0 saturated heterocycles. The van der Waals surface area contributed by atoms with Gasteiger partial charge in [-0.25, -0.2) is 0 Å². The smallest absolute Gasteiger partial charge is 0.100 e. The molecule has 3 heterocycles. The molecule has 0 fully saturated rings. The summed E-state index contributed by atoms with van der Waals surface area (Å²) in [5, 5.41) is 5.10. The number of fused-ring (bicyclic) bond motifs is 2. The van der Waals surface area contributed by atoms with Gasteiger partial charge >= 0.3 is 0 Å². The van der Waals surface area contributed by atoms with Gasteiger partial charge in [-0.2, -0.15) is 0 Å². The van der Waals surface area contributed by atoms with Crippen LogP contribution in [-0.2, 0) is 0 Å². The quantitative estimate of drug-likeness (QED) is 0.198. The highest BCUT2D eigenvalue weighted by atomic mass is 79.9. The third-order valence-electron chi connectivity index (χ3n) is 6.32. The average Bonchev–Trinajstić information content (AvgIpc) is 3.35. The molecule has 0 spiro atoms. The molecule has 2 aromatic heterocycles. The molecule has 6 aromatic rings. The fourth-order valence-corrected chi connectivity index (χ4v) is 8.70. The molecule has 0 aliphatic carbocycles. The van der Waals surface area contributed by atoms with Gasteiger partial charge in [0.05, 0.1) is 30.3 Å². The van der Waals surface area contributed by atoms with Crippen molar-refractivity contribution in [3.05, 3.63) is 92.5 Å². The molecule has 160 valence electrons. The van der Waals surface area contributed by atoms with Crippen molar-refractivity contribution in [3.8, 4) is 0 Å². The Morgan fingerprint density at radius 3 is 1.58 bits per heavy atom. The average molecular weight is 592 g/mol. The van der Waals surface area contributed by atoms with Gasteiger partial charge in [0, 0.05) is 25.6 Å². The lowest BCUT2D eigenvalue weighted by molar-refractivity contribution is 0.924. The van der Waals surface area contributed by atoms with Gasteiger partial charge in [-0.05, 0) is 61.5 Å². The van der Waals surface area contributed by atoms with Gasteiger partial charge in [-0.3, -0.25) is 0 Å². The van der Waals surface area contributed by atoms with Crippen LogP contribution >= 0.6 is 54.5 Å². The van der Waals surface area contributed by atoms with Crippen LogP contribution in [0, 0.1) is 0 Å². The Morgan fingerprint density at radius 1 is 0.576 bits per heavy atom. The predicted octanol–water partition coefficient (Wildman–Crippen LogP) is 10.0. The summed E-state index contributed by atoms with van der Waals surface area (Å²) in [6.07, 6.45) is 0. The first-order valence-electron chi connectivity index (χ1n) is 10.6. The van der Waals surface area contributed by atoms with E-state index in [1.54, 1.807) is 22.7 Å². The number of halogens is 2. The lowest BCUT2D eigenvalue weighted by atomic mass is 10.0. The van der Waals surface area contributed by atoms with Gasteiger partial charge in [0.25, 0.3) is 0 Å². The van der Waals surface area contributed by atoms with Crippen molar-refractivity contribution in [2.75, 3.05) is 16.5 Å². The predicted molar refractivity (Wildman–Crippen MR) is 152 cm³/mol. The van der Waals surface area contributed by atoms with E-state index in [0.29, 0.717) is 0 Å². The maximum absolute atomic E-state index is 3.91. The maximum atomic E-state index is 3.91. The summed E-state index contributed by atoms with van der Waals surface area (Å²) in [4.78, 5) is 4.94. The van der Waals surface area contributed by atoms with Crippen molar-refractivity contribution in [3.63, 3.8) is 0 Å². The van der Waals surface area contributed by atoms with Crippen LogP contribution in [0.4, 0.5) is 22.7 Å². The molecule has 33 heavy (non-hydrogen) atoms. The number of anilines is 4. The summed E-state index contributed by atoms with van der Waals surface area (Å²) in [5.41, 5.74) is 4.97. The molecule has 0 radical (unpaired) electrons. The van der Waals surface area contributed by atoms with Crippen molar-refractivity contribution >= 4 is 108 Å². The third-order valence-corrected chi connectivity index (χ3v) is 9.94. The van der Waals surface area contributed by atoms with Crippen LogP contribution in [0.2, 0.25) is 0 Å². The standard InChI is InChI=1S/C27H16Br2N2S2/c28-26-24(17-9-1-3-13-21(17)32-26)30-15-31(25-18-10-2-4-14-22(18)33-27(25)29)20-12-6-8-16-7-5-11-19(30)23(16)20/h1-14H,15H2. The van der Waals surface area contributed by atoms with E-state index >= 15 is 0 Å². The first kappa shape index (κ1) is 20.0. The number of benzene rings is 4. The minimum absolute atomic E-state index is 0.731. The van der Waals surface area contributed by atoms with Gasteiger partial charge in [0.15, 0.2) is 0 Å². The lowest BCUT2D eigenvalue weighted by Crippen LogP contribution is -2.35. The van der Waals surface area contributed by atoms with Gasteiger partial charge in [-0.15, -0.1) is 22.7 Å². The zero-order valence-electron chi connectivity index (χ0n) is 17.3. The molecule has 0 N–H and O–H groups in total. The molecule has 1 aliphatic rings. The first-order valence-corrected chi connectivity index (χ1v) is 13.8. The summed E-state index contributed by atoms with van der Waals surface area (Å²) >= 11 is 11.4. The highest BCUT2D eigenvalue weighted by Crippen LogP contribution is 2.53. The van der Waals surface area contributed by atoms with Gasteiger partial charge in [0.2, 0.25) is 0 Å².